The van der Waals surface area contributed by atoms with E-state index in [1.54, 1.807) is 12.3 Å². The Balaban J connectivity index is 1.16. The SMILES string of the molecule is O=C(NCc1ccnc(Cl)c1)N1CC2(CCN(CC=Cc3ccc(Cl)c(Cl)c3)CC2)c2cc3c(cc21)CCC3. The van der Waals surface area contributed by atoms with Crippen molar-refractivity contribution in [2.24, 2.45) is 0 Å². The van der Waals surface area contributed by atoms with Gasteiger partial charge in [-0.25, -0.2) is 9.78 Å². The van der Waals surface area contributed by atoms with E-state index in [4.69, 9.17) is 34.8 Å². The number of piperidine rings is 1. The molecule has 0 bridgehead atoms. The first kappa shape index (κ1) is 26.6. The van der Waals surface area contributed by atoms with Gasteiger partial charge in [-0.2, -0.15) is 0 Å². The summed E-state index contributed by atoms with van der Waals surface area (Å²) in [7, 11) is 0. The highest BCUT2D eigenvalue weighted by Gasteiger charge is 2.46. The lowest BCUT2D eigenvalue weighted by molar-refractivity contribution is 0.180. The number of benzene rings is 2. The van der Waals surface area contributed by atoms with Crippen molar-refractivity contribution in [2.45, 2.75) is 44.1 Å². The number of nitrogens with one attached hydrogen (secondary N) is 1. The fourth-order valence-corrected chi connectivity index (χ4v) is 6.79. The number of rotatable bonds is 5. The lowest BCUT2D eigenvalue weighted by atomic mass is 9.73. The Kier molecular flexibility index (Phi) is 7.60. The molecule has 1 saturated heterocycles. The molecule has 0 atom stereocenters. The quantitative estimate of drug-likeness (QED) is 0.322. The molecule has 39 heavy (non-hydrogen) atoms. The molecule has 6 rings (SSSR count). The molecule has 3 aromatic rings. The van der Waals surface area contributed by atoms with Gasteiger partial charge in [0.2, 0.25) is 0 Å². The van der Waals surface area contributed by atoms with Crippen LogP contribution in [-0.4, -0.2) is 42.1 Å². The molecule has 1 fully saturated rings. The number of carbonyl (C=O) groups is 1. The second-order valence-corrected chi connectivity index (χ2v) is 12.1. The van der Waals surface area contributed by atoms with Crippen molar-refractivity contribution in [3.05, 3.63) is 97.8 Å². The summed E-state index contributed by atoms with van der Waals surface area (Å²) in [6.07, 6.45) is 11.5. The van der Waals surface area contributed by atoms with Gasteiger partial charge in [-0.3, -0.25) is 9.80 Å². The molecule has 3 heterocycles. The zero-order valence-electron chi connectivity index (χ0n) is 21.7. The molecule has 1 N–H and O–H groups in total. The van der Waals surface area contributed by atoms with Gasteiger partial charge in [0, 0.05) is 36.9 Å². The molecule has 8 heteroatoms. The third kappa shape index (κ3) is 5.55. The maximum absolute atomic E-state index is 13.5. The number of pyridine rings is 1. The van der Waals surface area contributed by atoms with Crippen LogP contribution in [0.15, 0.2) is 54.7 Å². The normalized spacial score (nSPS) is 18.1. The average molecular weight is 582 g/mol. The van der Waals surface area contributed by atoms with Crippen molar-refractivity contribution in [3.8, 4) is 0 Å². The van der Waals surface area contributed by atoms with Crippen LogP contribution >= 0.6 is 34.8 Å². The van der Waals surface area contributed by atoms with E-state index in [0.717, 1.165) is 68.7 Å². The van der Waals surface area contributed by atoms with E-state index in [0.29, 0.717) is 21.7 Å². The minimum Gasteiger partial charge on any atom is -0.334 e. The fraction of sp³-hybridized carbons (Fsp3) is 0.355. The number of hydrogen-bond donors (Lipinski definition) is 1. The van der Waals surface area contributed by atoms with Crippen molar-refractivity contribution in [1.29, 1.82) is 0 Å². The minimum absolute atomic E-state index is 0.00577. The van der Waals surface area contributed by atoms with Crippen LogP contribution in [0.4, 0.5) is 10.5 Å². The predicted molar refractivity (Wildman–Crippen MR) is 160 cm³/mol. The summed E-state index contributed by atoms with van der Waals surface area (Å²) in [5.41, 5.74) is 7.29. The van der Waals surface area contributed by atoms with E-state index in [2.05, 4.69) is 39.5 Å². The molecule has 3 aliphatic rings. The number of aromatic nitrogens is 1. The lowest BCUT2D eigenvalue weighted by Crippen LogP contribution is -2.47. The number of fused-ring (bicyclic) bond motifs is 3. The van der Waals surface area contributed by atoms with Crippen molar-refractivity contribution < 1.29 is 4.79 Å². The van der Waals surface area contributed by atoms with Crippen LogP contribution in [0.25, 0.3) is 6.08 Å². The van der Waals surface area contributed by atoms with Gasteiger partial charge in [0.05, 0.1) is 10.0 Å². The minimum atomic E-state index is -0.0500. The number of carbonyl (C=O) groups excluding carboxylic acids is 1. The number of urea groups is 1. The summed E-state index contributed by atoms with van der Waals surface area (Å²) in [6, 6.07) is 14.0. The molecule has 5 nitrogen and oxygen atoms in total. The zero-order valence-corrected chi connectivity index (χ0v) is 24.0. The number of likely N-dealkylation sites (tertiary alicyclic amines) is 1. The van der Waals surface area contributed by atoms with E-state index in [-0.39, 0.29) is 11.4 Å². The maximum Gasteiger partial charge on any atom is 0.322 e. The Morgan fingerprint density at radius 2 is 1.79 bits per heavy atom. The Bertz CT molecular complexity index is 1430. The Labute approximate surface area is 244 Å². The van der Waals surface area contributed by atoms with Crippen LogP contribution in [0.3, 0.4) is 0 Å². The van der Waals surface area contributed by atoms with Gasteiger partial charge >= 0.3 is 6.03 Å². The standard InChI is InChI=1S/C31H31Cl3N4O/c32-26-7-6-21(15-27(26)33)3-2-12-37-13-9-31(10-14-37)20-38(28-18-24-5-1-4-23(24)17-25(28)31)30(39)36-19-22-8-11-35-29(34)16-22/h2-3,6-8,11,15-18H,1,4-5,9-10,12-14,19-20H2,(H,36,39). The number of halogens is 3. The predicted octanol–water partition coefficient (Wildman–Crippen LogP) is 7.31. The molecular weight excluding hydrogens is 551 g/mol. The topological polar surface area (TPSA) is 48.5 Å². The maximum atomic E-state index is 13.5. The highest BCUT2D eigenvalue weighted by molar-refractivity contribution is 6.42. The van der Waals surface area contributed by atoms with Gasteiger partial charge in [0.25, 0.3) is 0 Å². The smallest absolute Gasteiger partial charge is 0.322 e. The van der Waals surface area contributed by atoms with Crippen LogP contribution in [0.5, 0.6) is 0 Å². The molecule has 2 aromatic carbocycles. The summed E-state index contributed by atoms with van der Waals surface area (Å²) in [4.78, 5) is 22.0. The molecule has 2 aliphatic heterocycles. The summed E-state index contributed by atoms with van der Waals surface area (Å²) in [6.45, 7) is 4.01. The molecule has 202 valence electrons. The van der Waals surface area contributed by atoms with E-state index < -0.39 is 0 Å². The monoisotopic (exact) mass is 580 g/mol. The summed E-state index contributed by atoms with van der Waals surface area (Å²) in [5.74, 6) is 0. The van der Waals surface area contributed by atoms with Gasteiger partial charge in [-0.05, 0) is 103 Å². The van der Waals surface area contributed by atoms with Crippen molar-refractivity contribution >= 4 is 52.6 Å². The second-order valence-electron chi connectivity index (χ2n) is 10.9. The second kappa shape index (κ2) is 11.1. The van der Waals surface area contributed by atoms with Gasteiger partial charge in [-0.15, -0.1) is 0 Å². The molecular formula is C31H31Cl3N4O. The number of hydrogen-bond acceptors (Lipinski definition) is 3. The van der Waals surface area contributed by atoms with Crippen LogP contribution in [-0.2, 0) is 24.8 Å². The first-order chi connectivity index (χ1) is 18.9. The molecule has 0 saturated carbocycles. The van der Waals surface area contributed by atoms with E-state index in [1.165, 1.54) is 23.1 Å². The summed E-state index contributed by atoms with van der Waals surface area (Å²) in [5, 5.41) is 4.70. The van der Waals surface area contributed by atoms with Crippen LogP contribution in [0, 0.1) is 0 Å². The van der Waals surface area contributed by atoms with E-state index in [1.807, 2.05) is 29.2 Å². The van der Waals surface area contributed by atoms with Crippen molar-refractivity contribution in [1.82, 2.24) is 15.2 Å². The largest absolute Gasteiger partial charge is 0.334 e. The molecule has 0 unspecified atom stereocenters. The summed E-state index contributed by atoms with van der Waals surface area (Å²) >= 11 is 18.2. The zero-order chi connectivity index (χ0) is 27.0. The van der Waals surface area contributed by atoms with E-state index in [9.17, 15) is 4.79 Å². The lowest BCUT2D eigenvalue weighted by Gasteiger charge is -2.39. The van der Waals surface area contributed by atoms with Gasteiger partial charge in [0.15, 0.2) is 0 Å². The van der Waals surface area contributed by atoms with E-state index >= 15 is 0 Å². The van der Waals surface area contributed by atoms with Gasteiger partial charge < -0.3 is 5.32 Å². The Hall–Kier alpha value is -2.57. The van der Waals surface area contributed by atoms with Gasteiger partial charge in [-0.1, -0.05) is 59.1 Å². The van der Waals surface area contributed by atoms with Gasteiger partial charge in [0.1, 0.15) is 5.15 Å². The number of amides is 2. The van der Waals surface area contributed by atoms with Crippen LogP contribution < -0.4 is 10.2 Å². The molecule has 2 amide bonds. The number of nitrogens with zero attached hydrogens (tertiary/aromatic N) is 3. The molecule has 1 spiro atoms. The third-order valence-corrected chi connectivity index (χ3v) is 9.39. The highest BCUT2D eigenvalue weighted by Crippen LogP contribution is 2.49. The average Bonchev–Trinajstić information content (AvgIpc) is 3.52. The van der Waals surface area contributed by atoms with Crippen molar-refractivity contribution in [2.75, 3.05) is 31.1 Å². The van der Waals surface area contributed by atoms with Crippen LogP contribution in [0.1, 0.15) is 47.1 Å². The highest BCUT2D eigenvalue weighted by atomic mass is 35.5. The Morgan fingerprint density at radius 1 is 1.00 bits per heavy atom. The summed E-state index contributed by atoms with van der Waals surface area (Å²) < 4.78 is 0. The third-order valence-electron chi connectivity index (χ3n) is 8.44. The number of anilines is 1. The Morgan fingerprint density at radius 3 is 2.56 bits per heavy atom. The van der Waals surface area contributed by atoms with Crippen molar-refractivity contribution in [3.63, 3.8) is 0 Å². The molecule has 0 radical (unpaired) electrons. The first-order valence-electron chi connectivity index (χ1n) is 13.6. The van der Waals surface area contributed by atoms with Crippen LogP contribution in [0.2, 0.25) is 15.2 Å². The molecule has 1 aromatic heterocycles. The number of aryl methyl sites for hydroxylation is 2. The first-order valence-corrected chi connectivity index (χ1v) is 14.7. The fourth-order valence-electron chi connectivity index (χ4n) is 6.28. The molecule has 1 aliphatic carbocycles.